The summed E-state index contributed by atoms with van der Waals surface area (Å²) >= 11 is 0. The van der Waals surface area contributed by atoms with Gasteiger partial charge < -0.3 is 4.42 Å². The molecule has 132 valence electrons. The van der Waals surface area contributed by atoms with Crippen LogP contribution in [0.4, 0.5) is 0 Å². The van der Waals surface area contributed by atoms with Gasteiger partial charge in [0.1, 0.15) is 5.52 Å². The first-order valence-corrected chi connectivity index (χ1v) is 9.64. The molecule has 1 fully saturated rings. The number of fused-ring (bicyclic) bond motifs is 3. The zero-order valence-electron chi connectivity index (χ0n) is 15.2. The van der Waals surface area contributed by atoms with Gasteiger partial charge in [-0.1, -0.05) is 48.9 Å². The first-order valence-electron chi connectivity index (χ1n) is 9.64. The van der Waals surface area contributed by atoms with E-state index in [0.29, 0.717) is 12.1 Å². The van der Waals surface area contributed by atoms with Gasteiger partial charge in [0.05, 0.1) is 0 Å². The Morgan fingerprint density at radius 3 is 2.85 bits per heavy atom. The summed E-state index contributed by atoms with van der Waals surface area (Å²) in [6.45, 7) is 2.96. The van der Waals surface area contributed by atoms with Gasteiger partial charge in [-0.2, -0.15) is 0 Å². The van der Waals surface area contributed by atoms with Crippen molar-refractivity contribution in [3.8, 4) is 0 Å². The van der Waals surface area contributed by atoms with Gasteiger partial charge in [0.2, 0.25) is 0 Å². The number of piperidine rings is 1. The fourth-order valence-electron chi connectivity index (χ4n) is 4.61. The van der Waals surface area contributed by atoms with Crippen molar-refractivity contribution in [3.63, 3.8) is 0 Å². The molecule has 0 spiro atoms. The van der Waals surface area contributed by atoms with Crippen LogP contribution in [0.1, 0.15) is 42.7 Å². The average molecular weight is 344 g/mol. The summed E-state index contributed by atoms with van der Waals surface area (Å²) in [7, 11) is 0. The fourth-order valence-corrected chi connectivity index (χ4v) is 4.61. The van der Waals surface area contributed by atoms with Crippen molar-refractivity contribution in [2.24, 2.45) is 0 Å². The van der Waals surface area contributed by atoms with Gasteiger partial charge in [-0.05, 0) is 48.1 Å². The van der Waals surface area contributed by atoms with E-state index in [4.69, 9.17) is 4.42 Å². The van der Waals surface area contributed by atoms with Crippen molar-refractivity contribution < 1.29 is 4.42 Å². The highest BCUT2D eigenvalue weighted by Gasteiger charge is 2.34. The Morgan fingerprint density at radius 1 is 1.12 bits per heavy atom. The van der Waals surface area contributed by atoms with Crippen LogP contribution >= 0.6 is 0 Å². The van der Waals surface area contributed by atoms with E-state index in [9.17, 15) is 0 Å². The van der Waals surface area contributed by atoms with Crippen LogP contribution < -0.4 is 0 Å². The predicted molar refractivity (Wildman–Crippen MR) is 105 cm³/mol. The molecule has 1 aromatic heterocycles. The maximum Gasteiger partial charge on any atom is 0.192 e. The second-order valence-corrected chi connectivity index (χ2v) is 7.62. The molecule has 2 aromatic carbocycles. The van der Waals surface area contributed by atoms with Crippen molar-refractivity contribution >= 4 is 16.7 Å². The second kappa shape index (κ2) is 6.40. The summed E-state index contributed by atoms with van der Waals surface area (Å²) < 4.78 is 5.74. The third kappa shape index (κ3) is 2.86. The number of aromatic nitrogens is 1. The highest BCUT2D eigenvalue weighted by molar-refractivity contribution is 5.80. The molecule has 5 rings (SSSR count). The third-order valence-electron chi connectivity index (χ3n) is 5.86. The molecule has 3 heterocycles. The molecular formula is C23H24N2O. The van der Waals surface area contributed by atoms with Crippen LogP contribution in [0.5, 0.6) is 0 Å². The van der Waals surface area contributed by atoms with Gasteiger partial charge >= 0.3 is 0 Å². The molecule has 3 heteroatoms. The van der Waals surface area contributed by atoms with Crippen molar-refractivity contribution in [1.29, 1.82) is 0 Å². The van der Waals surface area contributed by atoms with Crippen LogP contribution in [0.2, 0.25) is 0 Å². The summed E-state index contributed by atoms with van der Waals surface area (Å²) in [5.74, 6) is 0.737. The molecule has 2 atom stereocenters. The number of oxazole rings is 1. The first-order chi connectivity index (χ1) is 12.8. The summed E-state index contributed by atoms with van der Waals surface area (Å²) in [6, 6.07) is 18.5. The smallest absolute Gasteiger partial charge is 0.192 e. The minimum Gasteiger partial charge on any atom is -0.441 e. The molecular weight excluding hydrogens is 320 g/mol. The SMILES string of the molecule is Cc1nc2ccc(C3=CC4CCCC(C3)N4Cc3ccccc3)cc2o1. The molecule has 26 heavy (non-hydrogen) atoms. The van der Waals surface area contributed by atoms with E-state index < -0.39 is 0 Å². The number of nitrogens with zero attached hydrogens (tertiary/aromatic N) is 2. The zero-order chi connectivity index (χ0) is 17.5. The Bertz CT molecular complexity index is 957. The second-order valence-electron chi connectivity index (χ2n) is 7.62. The Hall–Kier alpha value is -2.39. The molecule has 3 aromatic rings. The topological polar surface area (TPSA) is 29.3 Å². The summed E-state index contributed by atoms with van der Waals surface area (Å²) in [6.07, 6.45) is 7.52. The van der Waals surface area contributed by atoms with Crippen molar-refractivity contribution in [2.75, 3.05) is 0 Å². The molecule has 2 bridgehead atoms. The van der Waals surface area contributed by atoms with E-state index in [1.54, 1.807) is 0 Å². The van der Waals surface area contributed by atoms with E-state index in [1.807, 2.05) is 6.92 Å². The lowest BCUT2D eigenvalue weighted by Gasteiger charge is -2.45. The summed E-state index contributed by atoms with van der Waals surface area (Å²) in [5.41, 5.74) is 6.04. The van der Waals surface area contributed by atoms with Gasteiger partial charge in [0.25, 0.3) is 0 Å². The number of aryl methyl sites for hydroxylation is 1. The molecule has 0 N–H and O–H groups in total. The first kappa shape index (κ1) is 15.8. The number of hydrogen-bond donors (Lipinski definition) is 0. The minimum absolute atomic E-state index is 0.546. The number of benzene rings is 2. The van der Waals surface area contributed by atoms with Crippen LogP contribution in [0.15, 0.2) is 59.0 Å². The van der Waals surface area contributed by atoms with Crippen LogP contribution in [0, 0.1) is 6.92 Å². The van der Waals surface area contributed by atoms with Crippen molar-refractivity contribution in [2.45, 2.75) is 51.2 Å². The largest absolute Gasteiger partial charge is 0.441 e. The van der Waals surface area contributed by atoms with E-state index in [-0.39, 0.29) is 0 Å². The van der Waals surface area contributed by atoms with Gasteiger partial charge in [-0.3, -0.25) is 4.90 Å². The molecule has 0 radical (unpaired) electrons. The lowest BCUT2D eigenvalue weighted by molar-refractivity contribution is 0.0951. The quantitative estimate of drug-likeness (QED) is 0.642. The lowest BCUT2D eigenvalue weighted by atomic mass is 9.82. The van der Waals surface area contributed by atoms with Gasteiger partial charge in [-0.15, -0.1) is 0 Å². The van der Waals surface area contributed by atoms with E-state index in [0.717, 1.165) is 30.0 Å². The lowest BCUT2D eigenvalue weighted by Crippen LogP contribution is -2.47. The Balaban J connectivity index is 1.45. The Kier molecular flexibility index (Phi) is 3.90. The van der Waals surface area contributed by atoms with Crippen molar-refractivity contribution in [3.05, 3.63) is 71.6 Å². The highest BCUT2D eigenvalue weighted by Crippen LogP contribution is 2.38. The number of hydrogen-bond acceptors (Lipinski definition) is 3. The van der Waals surface area contributed by atoms with Crippen molar-refractivity contribution in [1.82, 2.24) is 9.88 Å². The van der Waals surface area contributed by atoms with Crippen LogP contribution in [-0.2, 0) is 6.54 Å². The van der Waals surface area contributed by atoms with E-state index >= 15 is 0 Å². The zero-order valence-corrected chi connectivity index (χ0v) is 15.2. The summed E-state index contributed by atoms with van der Waals surface area (Å²) in [4.78, 5) is 7.13. The molecule has 2 aliphatic rings. The highest BCUT2D eigenvalue weighted by atomic mass is 16.3. The van der Waals surface area contributed by atoms with Crippen LogP contribution in [0.3, 0.4) is 0 Å². The minimum atomic E-state index is 0.546. The van der Waals surface area contributed by atoms with Gasteiger partial charge in [0.15, 0.2) is 11.5 Å². The maximum absolute atomic E-state index is 5.74. The molecule has 1 saturated heterocycles. The average Bonchev–Trinajstić information content (AvgIpc) is 3.01. The Labute approximate surface area is 154 Å². The van der Waals surface area contributed by atoms with E-state index in [2.05, 4.69) is 64.5 Å². The molecule has 0 amide bonds. The fraction of sp³-hybridized carbons (Fsp3) is 0.348. The monoisotopic (exact) mass is 344 g/mol. The molecule has 2 unspecified atom stereocenters. The molecule has 3 nitrogen and oxygen atoms in total. The molecule has 0 aliphatic carbocycles. The van der Waals surface area contributed by atoms with Crippen LogP contribution in [-0.4, -0.2) is 22.0 Å². The normalized spacial score (nSPS) is 23.2. The van der Waals surface area contributed by atoms with Crippen LogP contribution in [0.25, 0.3) is 16.7 Å². The van der Waals surface area contributed by atoms with Gasteiger partial charge in [-0.25, -0.2) is 4.98 Å². The molecule has 0 saturated carbocycles. The maximum atomic E-state index is 5.74. The summed E-state index contributed by atoms with van der Waals surface area (Å²) in [5, 5.41) is 0. The molecule has 2 aliphatic heterocycles. The number of rotatable bonds is 3. The third-order valence-corrected chi connectivity index (χ3v) is 5.86. The Morgan fingerprint density at radius 2 is 2.00 bits per heavy atom. The van der Waals surface area contributed by atoms with E-state index in [1.165, 1.54) is 36.0 Å². The predicted octanol–water partition coefficient (Wildman–Crippen LogP) is 5.35. The van der Waals surface area contributed by atoms with Gasteiger partial charge in [0, 0.05) is 25.6 Å². The standard InChI is InChI=1S/C23H24N2O/c1-16-24-22-11-10-18(14-23(22)26-16)19-12-20-8-5-9-21(13-19)25(20)15-17-6-3-2-4-7-17/h2-4,6-7,10-12,14,20-21H,5,8-9,13,15H2,1H3.